The molecule has 1 aromatic rings. The molecular weight excluding hydrogens is 356 g/mol. The van der Waals surface area contributed by atoms with E-state index >= 15 is 0 Å². The summed E-state index contributed by atoms with van der Waals surface area (Å²) in [6.45, 7) is 1.61. The lowest BCUT2D eigenvalue weighted by Crippen LogP contribution is -2.49. The molecule has 28 heavy (non-hydrogen) atoms. The summed E-state index contributed by atoms with van der Waals surface area (Å²) in [6.07, 6.45) is 6.99. The van der Waals surface area contributed by atoms with Gasteiger partial charge in [0.15, 0.2) is 0 Å². The summed E-state index contributed by atoms with van der Waals surface area (Å²) in [5.74, 6) is -1.78. The van der Waals surface area contributed by atoms with Crippen molar-refractivity contribution in [3.05, 3.63) is 29.8 Å². The van der Waals surface area contributed by atoms with Gasteiger partial charge in [0, 0.05) is 24.3 Å². The number of hydrogen-bond acceptors (Lipinski definition) is 3. The van der Waals surface area contributed by atoms with Crippen LogP contribution in [0.15, 0.2) is 24.3 Å². The predicted octanol–water partition coefficient (Wildman–Crippen LogP) is 3.39. The Bertz CT molecular complexity index is 746. The summed E-state index contributed by atoms with van der Waals surface area (Å²) in [4.78, 5) is 39.1. The molecule has 0 unspecified atom stereocenters. The highest BCUT2D eigenvalue weighted by Crippen LogP contribution is 2.49. The molecular formula is C22H28N2O4. The number of carbonyl (C=O) groups excluding carboxylic acids is 2. The first-order valence-corrected chi connectivity index (χ1v) is 10.5. The maximum atomic E-state index is 12.9. The Morgan fingerprint density at radius 2 is 1.43 bits per heavy atom. The number of piperidine rings is 1. The minimum absolute atomic E-state index is 0.0353. The summed E-state index contributed by atoms with van der Waals surface area (Å²) in [6, 6.07) is 6.97. The Morgan fingerprint density at radius 1 is 0.857 bits per heavy atom. The van der Waals surface area contributed by atoms with E-state index in [1.54, 1.807) is 24.3 Å². The zero-order chi connectivity index (χ0) is 19.7. The average Bonchev–Trinajstić information content (AvgIpc) is 2.74. The molecule has 1 heterocycles. The van der Waals surface area contributed by atoms with Gasteiger partial charge in [-0.3, -0.25) is 14.4 Å². The largest absolute Gasteiger partial charge is 0.481 e. The number of fused-ring (bicyclic) bond motifs is 3. The number of likely N-dealkylation sites (tertiary alicyclic amines) is 1. The van der Waals surface area contributed by atoms with Gasteiger partial charge in [-0.15, -0.1) is 0 Å². The number of aliphatic carboxylic acids is 1. The molecule has 2 N–H and O–H groups in total. The lowest BCUT2D eigenvalue weighted by Gasteiger charge is -2.45. The van der Waals surface area contributed by atoms with Crippen molar-refractivity contribution in [1.29, 1.82) is 0 Å². The third-order valence-electron chi connectivity index (χ3n) is 6.85. The molecule has 2 bridgehead atoms. The van der Waals surface area contributed by atoms with Crippen molar-refractivity contribution in [2.45, 2.75) is 44.9 Å². The number of amides is 2. The molecule has 4 fully saturated rings. The van der Waals surface area contributed by atoms with Gasteiger partial charge in [0.1, 0.15) is 0 Å². The first-order valence-electron chi connectivity index (χ1n) is 10.5. The van der Waals surface area contributed by atoms with Gasteiger partial charge in [-0.2, -0.15) is 0 Å². The first-order chi connectivity index (χ1) is 13.5. The molecule has 3 aliphatic carbocycles. The molecule has 4 aliphatic rings. The van der Waals surface area contributed by atoms with E-state index in [0.717, 1.165) is 51.6 Å². The van der Waals surface area contributed by atoms with Crippen LogP contribution in [0, 0.1) is 23.7 Å². The summed E-state index contributed by atoms with van der Waals surface area (Å²) in [5, 5.41) is 12.5. The minimum atomic E-state index is -0.850. The second-order valence-corrected chi connectivity index (χ2v) is 8.48. The van der Waals surface area contributed by atoms with Gasteiger partial charge in [-0.25, -0.2) is 0 Å². The minimum Gasteiger partial charge on any atom is -0.481 e. The number of nitrogens with zero attached hydrogens (tertiary/aromatic N) is 1. The van der Waals surface area contributed by atoms with Gasteiger partial charge in [-0.05, 0) is 81.0 Å². The van der Waals surface area contributed by atoms with Crippen LogP contribution in [0.3, 0.4) is 0 Å². The third-order valence-corrected chi connectivity index (χ3v) is 6.85. The van der Waals surface area contributed by atoms with Crippen molar-refractivity contribution in [2.75, 3.05) is 18.4 Å². The first kappa shape index (κ1) is 19.0. The van der Waals surface area contributed by atoms with E-state index in [-0.39, 0.29) is 23.7 Å². The van der Waals surface area contributed by atoms with E-state index in [4.69, 9.17) is 0 Å². The predicted molar refractivity (Wildman–Crippen MR) is 105 cm³/mol. The van der Waals surface area contributed by atoms with Crippen molar-refractivity contribution in [2.24, 2.45) is 23.7 Å². The Kier molecular flexibility index (Phi) is 5.38. The maximum Gasteiger partial charge on any atom is 0.307 e. The molecule has 1 saturated heterocycles. The molecule has 1 aliphatic heterocycles. The lowest BCUT2D eigenvalue weighted by molar-refractivity contribution is -0.156. The summed E-state index contributed by atoms with van der Waals surface area (Å²) in [7, 11) is 0. The number of rotatable bonds is 4. The van der Waals surface area contributed by atoms with Crippen LogP contribution in [-0.4, -0.2) is 40.9 Å². The van der Waals surface area contributed by atoms with E-state index in [1.165, 1.54) is 6.42 Å². The summed E-state index contributed by atoms with van der Waals surface area (Å²) >= 11 is 0. The molecule has 6 heteroatoms. The Balaban J connectivity index is 1.43. The van der Waals surface area contributed by atoms with E-state index in [9.17, 15) is 19.5 Å². The lowest BCUT2D eigenvalue weighted by atomic mass is 9.58. The Morgan fingerprint density at radius 3 is 2.00 bits per heavy atom. The van der Waals surface area contributed by atoms with Gasteiger partial charge in [0.25, 0.3) is 5.91 Å². The molecule has 3 saturated carbocycles. The van der Waals surface area contributed by atoms with Crippen LogP contribution in [0.1, 0.15) is 55.3 Å². The summed E-state index contributed by atoms with van der Waals surface area (Å²) < 4.78 is 0. The molecule has 0 radical (unpaired) electrons. The van der Waals surface area contributed by atoms with Crippen molar-refractivity contribution < 1.29 is 19.5 Å². The van der Waals surface area contributed by atoms with E-state index in [1.807, 2.05) is 4.90 Å². The second-order valence-electron chi connectivity index (χ2n) is 8.48. The topological polar surface area (TPSA) is 86.7 Å². The van der Waals surface area contributed by atoms with Crippen LogP contribution in [0.25, 0.3) is 0 Å². The number of carboxylic acid groups (broad SMARTS) is 1. The zero-order valence-electron chi connectivity index (χ0n) is 16.1. The highest BCUT2D eigenvalue weighted by Gasteiger charge is 2.50. The third kappa shape index (κ3) is 3.64. The van der Waals surface area contributed by atoms with Crippen molar-refractivity contribution in [3.8, 4) is 0 Å². The SMILES string of the molecule is O=C(O)[C@@H]1C2CCC(CC2)[C@@H]1C(=O)Nc1ccc(C(=O)N2CCCCC2)cc1. The number of benzene rings is 1. The van der Waals surface area contributed by atoms with Gasteiger partial charge in [0.2, 0.25) is 5.91 Å². The molecule has 2 atom stereocenters. The number of hydrogen-bond donors (Lipinski definition) is 2. The second kappa shape index (κ2) is 7.94. The van der Waals surface area contributed by atoms with E-state index < -0.39 is 17.8 Å². The van der Waals surface area contributed by atoms with Crippen LogP contribution in [0.5, 0.6) is 0 Å². The van der Waals surface area contributed by atoms with Crippen LogP contribution < -0.4 is 5.32 Å². The summed E-state index contributed by atoms with van der Waals surface area (Å²) in [5.41, 5.74) is 1.24. The van der Waals surface area contributed by atoms with Gasteiger partial charge >= 0.3 is 5.97 Å². The van der Waals surface area contributed by atoms with Crippen LogP contribution >= 0.6 is 0 Å². The van der Waals surface area contributed by atoms with Gasteiger partial charge in [-0.1, -0.05) is 0 Å². The standard InChI is InChI=1S/C22H28N2O4/c25-20(18-14-4-6-15(7-5-14)19(18)22(27)28)23-17-10-8-16(9-11-17)21(26)24-12-2-1-3-13-24/h8-11,14-15,18-19H,1-7,12-13H2,(H,23,25)(H,27,28)/t14?,15?,18-,19+/m0/s1. The zero-order valence-corrected chi connectivity index (χ0v) is 16.1. The smallest absolute Gasteiger partial charge is 0.307 e. The molecule has 150 valence electrons. The average molecular weight is 384 g/mol. The monoisotopic (exact) mass is 384 g/mol. The van der Waals surface area contributed by atoms with E-state index in [0.29, 0.717) is 11.3 Å². The highest BCUT2D eigenvalue weighted by molar-refractivity contribution is 5.97. The Hall–Kier alpha value is -2.37. The van der Waals surface area contributed by atoms with Crippen molar-refractivity contribution in [3.63, 3.8) is 0 Å². The molecule has 0 aromatic heterocycles. The van der Waals surface area contributed by atoms with Crippen molar-refractivity contribution >= 4 is 23.5 Å². The molecule has 0 spiro atoms. The fraction of sp³-hybridized carbons (Fsp3) is 0.591. The van der Waals surface area contributed by atoms with Crippen molar-refractivity contribution in [1.82, 2.24) is 4.90 Å². The quantitative estimate of drug-likeness (QED) is 0.833. The van der Waals surface area contributed by atoms with Crippen LogP contribution in [0.4, 0.5) is 5.69 Å². The normalized spacial score (nSPS) is 29.4. The maximum absolute atomic E-state index is 12.9. The fourth-order valence-corrected chi connectivity index (χ4v) is 5.38. The number of anilines is 1. The molecule has 2 amide bonds. The van der Waals surface area contributed by atoms with Crippen LogP contribution in [0.2, 0.25) is 0 Å². The Labute approximate surface area is 165 Å². The van der Waals surface area contributed by atoms with E-state index in [2.05, 4.69) is 5.32 Å². The number of nitrogens with one attached hydrogen (secondary N) is 1. The van der Waals surface area contributed by atoms with Gasteiger partial charge in [0.05, 0.1) is 11.8 Å². The number of carbonyl (C=O) groups is 3. The van der Waals surface area contributed by atoms with Gasteiger partial charge < -0.3 is 15.3 Å². The molecule has 6 nitrogen and oxygen atoms in total. The highest BCUT2D eigenvalue weighted by atomic mass is 16.4. The fourth-order valence-electron chi connectivity index (χ4n) is 5.38. The number of carboxylic acids is 1. The molecule has 5 rings (SSSR count). The molecule has 1 aromatic carbocycles. The van der Waals surface area contributed by atoms with Crippen LogP contribution in [-0.2, 0) is 9.59 Å².